The number of rotatable bonds is 4. The van der Waals surface area contributed by atoms with Crippen LogP contribution in [0.4, 0.5) is 0 Å². The zero-order chi connectivity index (χ0) is 17.1. The number of hydrogen-bond acceptors (Lipinski definition) is 4. The van der Waals surface area contributed by atoms with Crippen molar-refractivity contribution in [2.75, 3.05) is 40.0 Å². The van der Waals surface area contributed by atoms with Crippen LogP contribution in [0.25, 0.3) is 0 Å². The molecule has 0 radical (unpaired) electrons. The first-order chi connectivity index (χ1) is 11.7. The summed E-state index contributed by atoms with van der Waals surface area (Å²) in [4.78, 5) is 29.1. The van der Waals surface area contributed by atoms with Crippen LogP contribution in [0.3, 0.4) is 0 Å². The number of carbonyl (C=O) groups is 2. The Labute approximate surface area is 142 Å². The monoisotopic (exact) mass is 332 g/mol. The van der Waals surface area contributed by atoms with Crippen LogP contribution in [-0.4, -0.2) is 61.6 Å². The van der Waals surface area contributed by atoms with E-state index in [0.717, 1.165) is 11.3 Å². The fraction of sp³-hybridized carbons (Fsp3) is 0.556. The number of benzene rings is 1. The van der Waals surface area contributed by atoms with Crippen LogP contribution in [0.15, 0.2) is 24.3 Å². The van der Waals surface area contributed by atoms with Crippen molar-refractivity contribution in [3.8, 4) is 5.75 Å². The summed E-state index contributed by atoms with van der Waals surface area (Å²) in [6.07, 6.45) is 0.257. The van der Waals surface area contributed by atoms with Gasteiger partial charge in [0, 0.05) is 31.6 Å². The summed E-state index contributed by atoms with van der Waals surface area (Å²) in [5.41, 5.74) is 0.902. The van der Waals surface area contributed by atoms with Crippen LogP contribution >= 0.6 is 0 Å². The first kappa shape index (κ1) is 16.8. The third-order valence-corrected chi connectivity index (χ3v) is 4.87. The Morgan fingerprint density at radius 2 is 2.00 bits per heavy atom. The van der Waals surface area contributed by atoms with Crippen LogP contribution in [0, 0.1) is 5.92 Å². The van der Waals surface area contributed by atoms with E-state index in [0.29, 0.717) is 32.8 Å². The highest BCUT2D eigenvalue weighted by atomic mass is 16.5. The number of likely N-dealkylation sites (tertiary alicyclic amines) is 1. The second kappa shape index (κ2) is 7.21. The van der Waals surface area contributed by atoms with E-state index in [-0.39, 0.29) is 30.2 Å². The fourth-order valence-corrected chi connectivity index (χ4v) is 3.70. The molecule has 0 unspecified atom stereocenters. The molecule has 0 aromatic heterocycles. The van der Waals surface area contributed by atoms with Gasteiger partial charge in [0.25, 0.3) is 0 Å². The Morgan fingerprint density at radius 1 is 1.29 bits per heavy atom. The Bertz CT molecular complexity index is 613. The molecule has 24 heavy (non-hydrogen) atoms. The Balaban J connectivity index is 1.94. The molecule has 2 saturated heterocycles. The Morgan fingerprint density at radius 3 is 2.67 bits per heavy atom. The topological polar surface area (TPSA) is 59.1 Å². The third kappa shape index (κ3) is 2.98. The predicted molar refractivity (Wildman–Crippen MR) is 88.6 cm³/mol. The van der Waals surface area contributed by atoms with Crippen molar-refractivity contribution in [1.29, 1.82) is 0 Å². The van der Waals surface area contributed by atoms with E-state index >= 15 is 0 Å². The van der Waals surface area contributed by atoms with Gasteiger partial charge in [0.15, 0.2) is 0 Å². The summed E-state index contributed by atoms with van der Waals surface area (Å²) in [6, 6.07) is 7.37. The maximum absolute atomic E-state index is 13.0. The van der Waals surface area contributed by atoms with Crippen LogP contribution in [0.2, 0.25) is 0 Å². The maximum atomic E-state index is 13.0. The zero-order valence-electron chi connectivity index (χ0n) is 14.2. The molecule has 6 heteroatoms. The smallest absolute Gasteiger partial charge is 0.228 e. The first-order valence-electron chi connectivity index (χ1n) is 8.46. The van der Waals surface area contributed by atoms with Crippen LogP contribution in [-0.2, 0) is 14.3 Å². The van der Waals surface area contributed by atoms with E-state index in [1.807, 2.05) is 36.1 Å². The number of methoxy groups -OCH3 is 1. The average Bonchev–Trinajstić information content (AvgIpc) is 2.97. The van der Waals surface area contributed by atoms with Gasteiger partial charge in [0.1, 0.15) is 5.75 Å². The molecule has 0 bridgehead atoms. The quantitative estimate of drug-likeness (QED) is 0.838. The van der Waals surface area contributed by atoms with E-state index in [2.05, 4.69) is 0 Å². The Hall–Kier alpha value is -2.08. The lowest BCUT2D eigenvalue weighted by Gasteiger charge is -2.33. The fourth-order valence-electron chi connectivity index (χ4n) is 3.70. The second-order valence-electron chi connectivity index (χ2n) is 6.11. The van der Waals surface area contributed by atoms with Crippen molar-refractivity contribution in [2.24, 2.45) is 5.92 Å². The van der Waals surface area contributed by atoms with Crippen molar-refractivity contribution < 1.29 is 19.1 Å². The minimum Gasteiger partial charge on any atom is -0.496 e. The van der Waals surface area contributed by atoms with Crippen LogP contribution in [0.5, 0.6) is 5.75 Å². The van der Waals surface area contributed by atoms with Crippen LogP contribution in [0.1, 0.15) is 24.9 Å². The lowest BCUT2D eigenvalue weighted by atomic mass is 9.91. The molecule has 0 N–H and O–H groups in total. The first-order valence-corrected chi connectivity index (χ1v) is 8.46. The molecule has 0 aliphatic carbocycles. The van der Waals surface area contributed by atoms with Gasteiger partial charge >= 0.3 is 0 Å². The van der Waals surface area contributed by atoms with Gasteiger partial charge in [0.2, 0.25) is 11.8 Å². The molecular formula is C18H24N2O4. The molecule has 2 fully saturated rings. The molecule has 0 saturated carbocycles. The summed E-state index contributed by atoms with van der Waals surface area (Å²) in [5, 5.41) is 0. The second-order valence-corrected chi connectivity index (χ2v) is 6.11. The summed E-state index contributed by atoms with van der Waals surface area (Å²) >= 11 is 0. The van der Waals surface area contributed by atoms with Crippen LogP contribution < -0.4 is 4.74 Å². The molecule has 6 nitrogen and oxygen atoms in total. The third-order valence-electron chi connectivity index (χ3n) is 4.87. The molecule has 0 spiro atoms. The van der Waals surface area contributed by atoms with Gasteiger partial charge in [-0.15, -0.1) is 0 Å². The molecule has 2 aliphatic heterocycles. The van der Waals surface area contributed by atoms with Gasteiger partial charge in [0.05, 0.1) is 32.3 Å². The number of ether oxygens (including phenoxy) is 2. The van der Waals surface area contributed by atoms with Gasteiger partial charge in [-0.05, 0) is 13.0 Å². The van der Waals surface area contributed by atoms with E-state index in [4.69, 9.17) is 9.47 Å². The minimum absolute atomic E-state index is 0.0278. The predicted octanol–water partition coefficient (Wildman–Crippen LogP) is 1.46. The lowest BCUT2D eigenvalue weighted by molar-refractivity contribution is -0.140. The largest absolute Gasteiger partial charge is 0.496 e. The Kier molecular flexibility index (Phi) is 5.04. The number of hydrogen-bond donors (Lipinski definition) is 0. The van der Waals surface area contributed by atoms with Crippen molar-refractivity contribution in [3.63, 3.8) is 0 Å². The number of nitrogens with zero attached hydrogens (tertiary/aromatic N) is 2. The van der Waals surface area contributed by atoms with Crippen molar-refractivity contribution in [1.82, 2.24) is 9.80 Å². The standard InChI is InChI=1S/C18H24N2O4/c1-3-20-16(21)12-14(18(22)19-8-10-24-11-9-19)17(20)13-6-4-5-7-15(13)23-2/h4-7,14,17H,3,8-12H2,1-2H3/t14-,17+/m1/s1. The lowest BCUT2D eigenvalue weighted by Crippen LogP contribution is -2.45. The molecule has 2 heterocycles. The molecule has 1 aromatic carbocycles. The molecule has 3 rings (SSSR count). The molecule has 2 atom stereocenters. The zero-order valence-corrected chi connectivity index (χ0v) is 14.2. The average molecular weight is 332 g/mol. The highest BCUT2D eigenvalue weighted by Crippen LogP contribution is 2.42. The highest BCUT2D eigenvalue weighted by Gasteiger charge is 2.46. The molecule has 130 valence electrons. The van der Waals surface area contributed by atoms with Crippen molar-refractivity contribution >= 4 is 11.8 Å². The van der Waals surface area contributed by atoms with Gasteiger partial charge in [-0.1, -0.05) is 18.2 Å². The minimum atomic E-state index is -0.369. The normalized spacial score (nSPS) is 24.3. The van der Waals surface area contributed by atoms with E-state index < -0.39 is 0 Å². The van der Waals surface area contributed by atoms with Crippen molar-refractivity contribution in [3.05, 3.63) is 29.8 Å². The summed E-state index contributed by atoms with van der Waals surface area (Å²) in [6.45, 7) is 4.82. The molecule has 2 amide bonds. The molecule has 1 aromatic rings. The van der Waals surface area contributed by atoms with Gasteiger partial charge < -0.3 is 19.3 Å². The van der Waals surface area contributed by atoms with E-state index in [1.54, 1.807) is 12.0 Å². The SMILES string of the molecule is CCN1C(=O)C[C@@H](C(=O)N2CCOCC2)[C@@H]1c1ccccc1OC. The maximum Gasteiger partial charge on any atom is 0.228 e. The number of amides is 2. The van der Waals surface area contributed by atoms with Gasteiger partial charge in [-0.3, -0.25) is 9.59 Å². The van der Waals surface area contributed by atoms with Gasteiger partial charge in [-0.2, -0.15) is 0 Å². The van der Waals surface area contributed by atoms with E-state index in [1.165, 1.54) is 0 Å². The highest BCUT2D eigenvalue weighted by molar-refractivity contribution is 5.90. The van der Waals surface area contributed by atoms with E-state index in [9.17, 15) is 9.59 Å². The number of morpholine rings is 1. The summed E-state index contributed by atoms with van der Waals surface area (Å²) < 4.78 is 10.8. The molecular weight excluding hydrogens is 308 g/mol. The molecule has 2 aliphatic rings. The summed E-state index contributed by atoms with van der Waals surface area (Å²) in [7, 11) is 1.62. The van der Waals surface area contributed by atoms with Crippen molar-refractivity contribution in [2.45, 2.75) is 19.4 Å². The number of para-hydroxylation sites is 1. The summed E-state index contributed by atoms with van der Waals surface area (Å²) in [5.74, 6) is 0.417. The van der Waals surface area contributed by atoms with Gasteiger partial charge in [-0.25, -0.2) is 0 Å². The number of carbonyl (C=O) groups excluding carboxylic acids is 2.